The van der Waals surface area contributed by atoms with Crippen molar-refractivity contribution in [2.24, 2.45) is 11.7 Å². The number of nitrogens with one attached hydrogen (secondary N) is 1. The molecule has 1 fully saturated rings. The van der Waals surface area contributed by atoms with Crippen LogP contribution in [0.25, 0.3) is 22.3 Å². The molecule has 6 rings (SSSR count). The maximum absolute atomic E-state index is 10.5. The van der Waals surface area contributed by atoms with Gasteiger partial charge < -0.3 is 72.5 Å². The molecule has 4 aromatic rings. The summed E-state index contributed by atoms with van der Waals surface area (Å²) in [5.74, 6) is -3.04. The van der Waals surface area contributed by atoms with Crippen molar-refractivity contribution in [2.45, 2.75) is 56.6 Å². The number of nitrogen functional groups attached to an aromatic ring is 2. The summed E-state index contributed by atoms with van der Waals surface area (Å²) in [5.41, 5.74) is 18.4. The minimum Gasteiger partial charge on any atom is -0.505 e. The predicted molar refractivity (Wildman–Crippen MR) is 179 cm³/mol. The molecule has 27 nitrogen and oxygen atoms in total. The molecular formula is C26H39N11O16S. The number of carboxylic acid groups (broad SMARTS) is 1. The van der Waals surface area contributed by atoms with E-state index in [-0.39, 0.29) is 11.7 Å². The lowest BCUT2D eigenvalue weighted by Gasteiger charge is -2.16. The Kier molecular flexibility index (Phi) is 16.2. The summed E-state index contributed by atoms with van der Waals surface area (Å²) in [7, 11) is -4.67. The van der Waals surface area contributed by atoms with Crippen LogP contribution in [0.1, 0.15) is 20.1 Å². The number of carbonyl (C=O) groups excluding carboxylic acids is 1. The third kappa shape index (κ3) is 12.1. The van der Waals surface area contributed by atoms with Crippen molar-refractivity contribution in [3.8, 4) is 0 Å². The van der Waals surface area contributed by atoms with Gasteiger partial charge in [-0.25, -0.2) is 34.7 Å². The van der Waals surface area contributed by atoms with Gasteiger partial charge in [0, 0.05) is 0 Å². The quantitative estimate of drug-likeness (QED) is 0.0652. The Bertz CT molecular complexity index is 1980. The molecule has 4 aromatic heterocycles. The van der Waals surface area contributed by atoms with E-state index in [9.17, 15) is 19.8 Å². The topological polar surface area (TPSA) is 465 Å². The van der Waals surface area contributed by atoms with E-state index in [1.54, 1.807) is 13.8 Å². The van der Waals surface area contributed by atoms with Gasteiger partial charge in [-0.15, -0.1) is 0 Å². The van der Waals surface area contributed by atoms with Crippen LogP contribution in [0, 0.1) is 5.92 Å². The van der Waals surface area contributed by atoms with Gasteiger partial charge in [0.05, 0.1) is 25.9 Å². The van der Waals surface area contributed by atoms with E-state index >= 15 is 0 Å². The molecule has 0 spiro atoms. The van der Waals surface area contributed by atoms with Crippen LogP contribution in [0.2, 0.25) is 0 Å². The maximum atomic E-state index is 10.5. The number of fused-ring (bicyclic) bond motifs is 2. The van der Waals surface area contributed by atoms with Crippen LogP contribution in [0.3, 0.4) is 0 Å². The number of aromatic nitrogens is 8. The van der Waals surface area contributed by atoms with Gasteiger partial charge in [0.1, 0.15) is 54.1 Å². The van der Waals surface area contributed by atoms with E-state index < -0.39 is 89.9 Å². The first kappa shape index (κ1) is 44.7. The number of carboxylic acids is 1. The van der Waals surface area contributed by atoms with Crippen molar-refractivity contribution in [1.29, 1.82) is 0 Å². The number of nitrogens with zero attached hydrogens (tertiary/aromatic N) is 7. The highest BCUT2D eigenvalue weighted by atomic mass is 32.3. The Hall–Kier alpha value is -5.43. The number of aromatic amines is 1. The number of ether oxygens (including phenoxy) is 2. The van der Waals surface area contributed by atoms with Gasteiger partial charge in [-0.05, 0) is 5.92 Å². The number of aliphatic carboxylic acids is 1. The van der Waals surface area contributed by atoms with Gasteiger partial charge in [-0.3, -0.25) is 18.5 Å². The SMILES string of the molecule is CC(C)[C@H](N)C(=O)O.Nc1ncnc2c1ncn2[C@@H]1O[C@H](CO)[C@@H](O)[C@H]1O.Nc1ncnc2nc[nH]c12.O=C1O[C@H]([C@@H](O)CO)C(O)=C1O.O=S(=O)(O)O. The van der Waals surface area contributed by atoms with Crippen LogP contribution in [0.5, 0.6) is 0 Å². The summed E-state index contributed by atoms with van der Waals surface area (Å²) in [5, 5.41) is 72.0. The van der Waals surface area contributed by atoms with E-state index in [1.165, 1.54) is 29.9 Å². The fourth-order valence-electron chi connectivity index (χ4n) is 4.06. The zero-order valence-corrected chi connectivity index (χ0v) is 28.9. The number of imidazole rings is 2. The van der Waals surface area contributed by atoms with Crippen molar-refractivity contribution < 1.29 is 77.4 Å². The fraction of sp³-hybridized carbons (Fsp3) is 0.462. The molecule has 0 radical (unpaired) electrons. The summed E-state index contributed by atoms with van der Waals surface area (Å²) in [6.07, 6.45) is -1.27. The van der Waals surface area contributed by atoms with Crippen molar-refractivity contribution in [3.63, 3.8) is 0 Å². The molecule has 1 saturated heterocycles. The lowest BCUT2D eigenvalue weighted by molar-refractivity contribution is -0.147. The highest BCUT2D eigenvalue weighted by Gasteiger charge is 2.44. The van der Waals surface area contributed by atoms with Crippen molar-refractivity contribution >= 4 is 56.3 Å². The van der Waals surface area contributed by atoms with E-state index in [0.717, 1.165) is 0 Å². The number of rotatable bonds is 6. The summed E-state index contributed by atoms with van der Waals surface area (Å²) in [4.78, 5) is 46.8. The van der Waals surface area contributed by atoms with E-state index in [0.29, 0.717) is 28.1 Å². The van der Waals surface area contributed by atoms with Crippen LogP contribution < -0.4 is 17.2 Å². The second-order valence-electron chi connectivity index (χ2n) is 11.0. The lowest BCUT2D eigenvalue weighted by Crippen LogP contribution is -2.34. The van der Waals surface area contributed by atoms with Crippen LogP contribution in [-0.4, -0.2) is 160 Å². The van der Waals surface area contributed by atoms with E-state index in [2.05, 4.69) is 39.6 Å². The second-order valence-corrected chi connectivity index (χ2v) is 11.9. The molecule has 0 unspecified atom stereocenters. The number of cyclic esters (lactones) is 1. The molecule has 7 atom stereocenters. The second kappa shape index (κ2) is 19.6. The fourth-order valence-corrected chi connectivity index (χ4v) is 4.06. The summed E-state index contributed by atoms with van der Waals surface area (Å²) in [6.45, 7) is 2.49. The van der Waals surface area contributed by atoms with Gasteiger partial charge in [-0.2, -0.15) is 8.42 Å². The number of esters is 1. The normalized spacial score (nSPS) is 21.8. The number of aliphatic hydroxyl groups excluding tert-OH is 7. The highest BCUT2D eigenvalue weighted by molar-refractivity contribution is 7.79. The van der Waals surface area contributed by atoms with Gasteiger partial charge in [0.2, 0.25) is 5.76 Å². The summed E-state index contributed by atoms with van der Waals surface area (Å²) >= 11 is 0. The van der Waals surface area contributed by atoms with Crippen molar-refractivity contribution in [2.75, 3.05) is 24.7 Å². The Balaban J connectivity index is 0.000000251. The highest BCUT2D eigenvalue weighted by Crippen LogP contribution is 2.31. The van der Waals surface area contributed by atoms with Crippen molar-refractivity contribution in [1.82, 2.24) is 39.5 Å². The average molecular weight is 794 g/mol. The molecule has 300 valence electrons. The number of hydrogen-bond donors (Lipinski definition) is 14. The minimum atomic E-state index is -4.67. The summed E-state index contributed by atoms with van der Waals surface area (Å²) < 4.78 is 42.8. The Morgan fingerprint density at radius 1 is 1.00 bits per heavy atom. The molecular weight excluding hydrogens is 754 g/mol. The molecule has 0 saturated carbocycles. The number of anilines is 2. The Labute approximate surface area is 303 Å². The maximum Gasteiger partial charge on any atom is 0.394 e. The first-order valence-electron chi connectivity index (χ1n) is 14.9. The monoisotopic (exact) mass is 793 g/mol. The van der Waals surface area contributed by atoms with E-state index in [4.69, 9.17) is 70.1 Å². The number of hydrogen-bond acceptors (Lipinski definition) is 22. The molecule has 2 aliphatic rings. The third-order valence-corrected chi connectivity index (χ3v) is 6.91. The Morgan fingerprint density at radius 2 is 1.59 bits per heavy atom. The Morgan fingerprint density at radius 3 is 2.06 bits per heavy atom. The average Bonchev–Trinajstić information content (AvgIpc) is 3.88. The molecule has 17 N–H and O–H groups in total. The first-order valence-corrected chi connectivity index (χ1v) is 16.3. The molecule has 6 heterocycles. The largest absolute Gasteiger partial charge is 0.505 e. The zero-order valence-electron chi connectivity index (χ0n) is 28.0. The molecule has 0 aliphatic carbocycles. The first-order chi connectivity index (χ1) is 25.1. The number of H-pyrrole nitrogens is 1. The molecule has 0 amide bonds. The zero-order chi connectivity index (χ0) is 41.1. The third-order valence-electron chi connectivity index (χ3n) is 6.91. The molecule has 28 heteroatoms. The molecule has 54 heavy (non-hydrogen) atoms. The van der Waals surface area contributed by atoms with Crippen molar-refractivity contribution in [3.05, 3.63) is 36.8 Å². The van der Waals surface area contributed by atoms with E-state index in [1.807, 2.05) is 0 Å². The smallest absolute Gasteiger partial charge is 0.394 e. The minimum absolute atomic E-state index is 0.0208. The number of carbonyl (C=O) groups is 2. The van der Waals surface area contributed by atoms with Gasteiger partial charge in [-0.1, -0.05) is 13.8 Å². The van der Waals surface area contributed by atoms with Crippen LogP contribution in [-0.2, 0) is 29.5 Å². The predicted octanol–water partition coefficient (Wildman–Crippen LogP) is -4.05. The standard InChI is InChI=1S/C10H13N5O4.C6H8O6.C5H5N5.C5H11NO2.H2O4S/c11-8-5-9(13-2-12-8)15(3-14-5)10-7(18)6(17)4(1-16)19-10;7-1-2(8)5-3(9)4(10)6(11)12-5;6-4-3-5(9-1-7-3)10-2-8-4;1-3(2)4(6)5(7)8;1-5(2,3)4/h2-4,6-7,10,16-18H,1H2,(H2,11,12,13);2,5,7-10H,1H2;1-2H,(H3,6,7,8,9,10);3-4H,6H2,1-2H3,(H,7,8);(H2,1,2,3,4)/t4-,6-,7-,10-;2-,5+;;4-;/m10.0./s1. The molecule has 0 bridgehead atoms. The lowest BCUT2D eigenvalue weighted by atomic mass is 10.1. The molecule has 0 aromatic carbocycles. The van der Waals surface area contributed by atoms with Gasteiger partial charge in [0.25, 0.3) is 0 Å². The van der Waals surface area contributed by atoms with Crippen LogP contribution in [0.15, 0.2) is 36.8 Å². The molecule has 2 aliphatic heterocycles. The number of aliphatic hydroxyl groups is 7. The summed E-state index contributed by atoms with van der Waals surface area (Å²) in [6, 6.07) is -0.713. The number of nitrogens with two attached hydrogens (primary N) is 3. The van der Waals surface area contributed by atoms with Gasteiger partial charge >= 0.3 is 22.3 Å². The van der Waals surface area contributed by atoms with Gasteiger partial charge in [0.15, 0.2) is 41.0 Å². The van der Waals surface area contributed by atoms with Crippen LogP contribution in [0.4, 0.5) is 11.6 Å². The van der Waals surface area contributed by atoms with Crippen LogP contribution >= 0.6 is 0 Å².